The molecule has 1 fully saturated rings. The van der Waals surface area contributed by atoms with Crippen LogP contribution in [0.5, 0.6) is 0 Å². The van der Waals surface area contributed by atoms with Crippen molar-refractivity contribution in [2.75, 3.05) is 11.9 Å². The summed E-state index contributed by atoms with van der Waals surface area (Å²) in [5.41, 5.74) is 5.85. The van der Waals surface area contributed by atoms with Gasteiger partial charge in [0.15, 0.2) is 0 Å². The average Bonchev–Trinajstić information content (AvgIpc) is 2.28. The quantitative estimate of drug-likeness (QED) is 0.897. The van der Waals surface area contributed by atoms with E-state index in [-0.39, 0.29) is 17.0 Å². The first kappa shape index (κ1) is 13.5. The molecular formula is C13H16BrFN2O. The summed E-state index contributed by atoms with van der Waals surface area (Å²) in [5, 5.41) is 2.61. The summed E-state index contributed by atoms with van der Waals surface area (Å²) in [6.45, 7) is 0.515. The predicted octanol–water partition coefficient (Wildman–Crippen LogP) is 3.05. The molecule has 0 bridgehead atoms. The normalized spacial score (nSPS) is 17.1. The highest BCUT2D eigenvalue weighted by molar-refractivity contribution is 9.10. The highest BCUT2D eigenvalue weighted by Gasteiger charge is 2.37. The van der Waals surface area contributed by atoms with Crippen molar-refractivity contribution < 1.29 is 9.18 Å². The lowest BCUT2D eigenvalue weighted by Gasteiger charge is -2.40. The van der Waals surface area contributed by atoms with E-state index < -0.39 is 5.82 Å². The summed E-state index contributed by atoms with van der Waals surface area (Å²) < 4.78 is 14.2. The largest absolute Gasteiger partial charge is 0.330 e. The molecule has 2 rings (SSSR count). The lowest BCUT2D eigenvalue weighted by molar-refractivity contribution is -0.119. The third-order valence-electron chi connectivity index (χ3n) is 3.59. The first-order valence-electron chi connectivity index (χ1n) is 6.00. The molecular weight excluding hydrogens is 299 g/mol. The molecule has 1 aliphatic carbocycles. The van der Waals surface area contributed by atoms with Crippen LogP contribution >= 0.6 is 15.9 Å². The number of anilines is 1. The lowest BCUT2D eigenvalue weighted by Crippen LogP contribution is -2.40. The molecule has 0 aliphatic heterocycles. The second kappa shape index (κ2) is 5.36. The minimum absolute atomic E-state index is 0.0629. The van der Waals surface area contributed by atoms with Crippen LogP contribution in [0.1, 0.15) is 25.7 Å². The summed E-state index contributed by atoms with van der Waals surface area (Å²) in [5.74, 6) is -0.598. The Morgan fingerprint density at radius 3 is 2.78 bits per heavy atom. The molecule has 0 unspecified atom stereocenters. The van der Waals surface area contributed by atoms with Gasteiger partial charge in [0.25, 0.3) is 0 Å². The number of amides is 1. The zero-order chi connectivity index (χ0) is 13.2. The SMILES string of the molecule is NCC1(CC(=O)Nc2cc(Br)ccc2F)CCC1. The molecule has 0 radical (unpaired) electrons. The molecule has 0 saturated heterocycles. The van der Waals surface area contributed by atoms with Crippen molar-refractivity contribution in [3.05, 3.63) is 28.5 Å². The van der Waals surface area contributed by atoms with E-state index in [2.05, 4.69) is 21.2 Å². The number of hydrogen-bond acceptors (Lipinski definition) is 2. The Hall–Kier alpha value is -0.940. The van der Waals surface area contributed by atoms with Crippen LogP contribution in [0.3, 0.4) is 0 Å². The molecule has 0 aromatic heterocycles. The number of benzene rings is 1. The average molecular weight is 315 g/mol. The molecule has 1 amide bonds. The van der Waals surface area contributed by atoms with Gasteiger partial charge in [-0.25, -0.2) is 4.39 Å². The summed E-state index contributed by atoms with van der Waals surface area (Å²) in [6, 6.07) is 4.48. The van der Waals surface area contributed by atoms with Crippen LogP contribution in [0.2, 0.25) is 0 Å². The highest BCUT2D eigenvalue weighted by Crippen LogP contribution is 2.43. The molecule has 3 N–H and O–H groups in total. The molecule has 98 valence electrons. The van der Waals surface area contributed by atoms with E-state index >= 15 is 0 Å². The van der Waals surface area contributed by atoms with Crippen LogP contribution in [0.4, 0.5) is 10.1 Å². The second-order valence-corrected chi connectivity index (χ2v) is 5.82. The van der Waals surface area contributed by atoms with Crippen molar-refractivity contribution in [3.8, 4) is 0 Å². The van der Waals surface area contributed by atoms with E-state index in [4.69, 9.17) is 5.73 Å². The van der Waals surface area contributed by atoms with Gasteiger partial charge >= 0.3 is 0 Å². The van der Waals surface area contributed by atoms with Gasteiger partial charge < -0.3 is 11.1 Å². The standard InChI is InChI=1S/C13H16BrFN2O/c14-9-2-3-10(15)11(6-9)17-12(18)7-13(8-16)4-1-5-13/h2-3,6H,1,4-5,7-8,16H2,(H,17,18). The molecule has 0 spiro atoms. The van der Waals surface area contributed by atoms with Gasteiger partial charge in [0.1, 0.15) is 5.82 Å². The maximum absolute atomic E-state index is 13.5. The van der Waals surface area contributed by atoms with Gasteiger partial charge in [-0.3, -0.25) is 4.79 Å². The van der Waals surface area contributed by atoms with E-state index in [1.165, 1.54) is 6.07 Å². The number of nitrogens with two attached hydrogens (primary N) is 1. The summed E-state index contributed by atoms with van der Waals surface area (Å²) >= 11 is 3.25. The minimum Gasteiger partial charge on any atom is -0.330 e. The number of halogens is 2. The van der Waals surface area contributed by atoms with Crippen molar-refractivity contribution in [2.24, 2.45) is 11.1 Å². The molecule has 0 heterocycles. The maximum Gasteiger partial charge on any atom is 0.225 e. The Morgan fingerprint density at radius 2 is 2.22 bits per heavy atom. The first-order valence-corrected chi connectivity index (χ1v) is 6.79. The number of carbonyl (C=O) groups excluding carboxylic acids is 1. The van der Waals surface area contributed by atoms with Gasteiger partial charge in [0.2, 0.25) is 5.91 Å². The zero-order valence-corrected chi connectivity index (χ0v) is 11.6. The number of carbonyl (C=O) groups is 1. The summed E-state index contributed by atoms with van der Waals surface area (Å²) in [4.78, 5) is 11.9. The smallest absolute Gasteiger partial charge is 0.225 e. The molecule has 0 atom stereocenters. The van der Waals surface area contributed by atoms with Crippen LogP contribution in [0.25, 0.3) is 0 Å². The fraction of sp³-hybridized carbons (Fsp3) is 0.462. The van der Waals surface area contributed by atoms with Crippen LogP contribution < -0.4 is 11.1 Å². The maximum atomic E-state index is 13.5. The van der Waals surface area contributed by atoms with Crippen LogP contribution in [0.15, 0.2) is 22.7 Å². The number of nitrogens with one attached hydrogen (secondary N) is 1. The van der Waals surface area contributed by atoms with Gasteiger partial charge in [0.05, 0.1) is 5.69 Å². The van der Waals surface area contributed by atoms with E-state index in [1.54, 1.807) is 12.1 Å². The van der Waals surface area contributed by atoms with E-state index in [0.29, 0.717) is 13.0 Å². The Morgan fingerprint density at radius 1 is 1.50 bits per heavy atom. The van der Waals surface area contributed by atoms with Gasteiger partial charge in [-0.15, -0.1) is 0 Å². The van der Waals surface area contributed by atoms with Crippen LogP contribution in [0, 0.1) is 11.2 Å². The minimum atomic E-state index is -0.429. The molecule has 18 heavy (non-hydrogen) atoms. The zero-order valence-electron chi connectivity index (χ0n) is 10.0. The second-order valence-electron chi connectivity index (χ2n) is 4.91. The Bertz CT molecular complexity index is 455. The fourth-order valence-electron chi connectivity index (χ4n) is 2.26. The van der Waals surface area contributed by atoms with Crippen molar-refractivity contribution in [1.82, 2.24) is 0 Å². The number of hydrogen-bond donors (Lipinski definition) is 2. The van der Waals surface area contributed by atoms with E-state index in [9.17, 15) is 9.18 Å². The van der Waals surface area contributed by atoms with E-state index in [0.717, 1.165) is 23.7 Å². The molecule has 3 nitrogen and oxygen atoms in total. The number of rotatable bonds is 4. The first-order chi connectivity index (χ1) is 8.54. The van der Waals surface area contributed by atoms with Crippen molar-refractivity contribution >= 4 is 27.5 Å². The summed E-state index contributed by atoms with van der Waals surface area (Å²) in [6.07, 6.45) is 3.46. The molecule has 1 saturated carbocycles. The van der Waals surface area contributed by atoms with Gasteiger partial charge in [-0.05, 0) is 43.0 Å². The van der Waals surface area contributed by atoms with Gasteiger partial charge in [-0.2, -0.15) is 0 Å². The fourth-order valence-corrected chi connectivity index (χ4v) is 2.62. The van der Waals surface area contributed by atoms with Gasteiger partial charge in [-0.1, -0.05) is 22.4 Å². The van der Waals surface area contributed by atoms with Crippen LogP contribution in [-0.2, 0) is 4.79 Å². The summed E-state index contributed by atoms with van der Waals surface area (Å²) in [7, 11) is 0. The van der Waals surface area contributed by atoms with Crippen molar-refractivity contribution in [2.45, 2.75) is 25.7 Å². The van der Waals surface area contributed by atoms with Gasteiger partial charge in [0, 0.05) is 10.9 Å². The monoisotopic (exact) mass is 314 g/mol. The Balaban J connectivity index is 2.00. The molecule has 1 aromatic carbocycles. The highest BCUT2D eigenvalue weighted by atomic mass is 79.9. The Kier molecular flexibility index (Phi) is 4.02. The van der Waals surface area contributed by atoms with Crippen LogP contribution in [-0.4, -0.2) is 12.5 Å². The topological polar surface area (TPSA) is 55.1 Å². The van der Waals surface area contributed by atoms with Crippen molar-refractivity contribution in [1.29, 1.82) is 0 Å². The third kappa shape index (κ3) is 2.90. The lowest BCUT2D eigenvalue weighted by atomic mass is 9.66. The third-order valence-corrected chi connectivity index (χ3v) is 4.08. The molecule has 1 aromatic rings. The molecule has 5 heteroatoms. The van der Waals surface area contributed by atoms with E-state index in [1.807, 2.05) is 0 Å². The Labute approximate surface area is 114 Å². The molecule has 1 aliphatic rings. The predicted molar refractivity (Wildman–Crippen MR) is 72.7 cm³/mol. The van der Waals surface area contributed by atoms with Crippen molar-refractivity contribution in [3.63, 3.8) is 0 Å².